The highest BCUT2D eigenvalue weighted by Crippen LogP contribution is 1.99. The van der Waals surface area contributed by atoms with Crippen LogP contribution in [0, 0.1) is 0 Å². The zero-order valence-corrected chi connectivity index (χ0v) is 7.31. The summed E-state index contributed by atoms with van der Waals surface area (Å²) < 4.78 is 5.03. The number of Topliss-reactive ketones (excluding diaryl/α,β-unsaturated/α-hetero) is 1. The molecule has 0 bridgehead atoms. The predicted octanol–water partition coefficient (Wildman–Crippen LogP) is 0.845. The van der Waals surface area contributed by atoms with Crippen LogP contribution in [0.5, 0.6) is 0 Å². The predicted molar refractivity (Wildman–Crippen MR) is 44.1 cm³/mol. The fraction of sp³-hybridized carbons (Fsp3) is 0.625. The molecule has 0 aromatic heterocycles. The van der Waals surface area contributed by atoms with Crippen molar-refractivity contribution in [1.82, 2.24) is 0 Å². The van der Waals surface area contributed by atoms with Gasteiger partial charge in [-0.3, -0.25) is 4.79 Å². The van der Waals surface area contributed by atoms with E-state index in [2.05, 4.69) is 0 Å². The van der Waals surface area contributed by atoms with Gasteiger partial charge in [0.05, 0.1) is 6.61 Å². The molecule has 0 aliphatic heterocycles. The van der Waals surface area contributed by atoms with Crippen LogP contribution in [0.3, 0.4) is 0 Å². The van der Waals surface area contributed by atoms with Crippen molar-refractivity contribution in [3.8, 4) is 0 Å². The van der Waals surface area contributed by atoms with E-state index in [-0.39, 0.29) is 5.78 Å². The van der Waals surface area contributed by atoms with Gasteiger partial charge in [0.15, 0.2) is 5.78 Å². The molecule has 0 heterocycles. The van der Waals surface area contributed by atoms with Crippen LogP contribution in [-0.2, 0) is 9.53 Å². The third-order valence-corrected chi connectivity index (χ3v) is 1.47. The summed E-state index contributed by atoms with van der Waals surface area (Å²) in [6, 6.07) is 0. The standard InChI is InChI=1S/C8H15NO2/c1-4-11-5-8(9)6(2)7(3)10/h4-5,9H2,1-3H3/b8-6-. The molecule has 0 aliphatic carbocycles. The summed E-state index contributed by atoms with van der Waals surface area (Å²) in [6.07, 6.45) is 0. The number of hydrogen-bond donors (Lipinski definition) is 1. The van der Waals surface area contributed by atoms with Gasteiger partial charge < -0.3 is 10.5 Å². The Balaban J connectivity index is 4.05. The van der Waals surface area contributed by atoms with E-state index in [1.165, 1.54) is 6.92 Å². The fourth-order valence-corrected chi connectivity index (χ4v) is 0.546. The van der Waals surface area contributed by atoms with Gasteiger partial charge in [-0.1, -0.05) is 0 Å². The SMILES string of the molecule is CCOC/C(N)=C(\C)C(C)=O. The van der Waals surface area contributed by atoms with E-state index in [9.17, 15) is 4.79 Å². The highest BCUT2D eigenvalue weighted by atomic mass is 16.5. The topological polar surface area (TPSA) is 52.3 Å². The van der Waals surface area contributed by atoms with E-state index in [0.29, 0.717) is 24.5 Å². The minimum Gasteiger partial charge on any atom is -0.400 e. The normalized spacial score (nSPS) is 12.6. The van der Waals surface area contributed by atoms with Crippen LogP contribution < -0.4 is 5.73 Å². The Hall–Kier alpha value is -0.830. The van der Waals surface area contributed by atoms with Gasteiger partial charge in [0.1, 0.15) is 0 Å². The summed E-state index contributed by atoms with van der Waals surface area (Å²) in [5, 5.41) is 0. The maximum absolute atomic E-state index is 10.8. The maximum Gasteiger partial charge on any atom is 0.157 e. The third kappa shape index (κ3) is 3.78. The van der Waals surface area contributed by atoms with Crippen LogP contribution in [-0.4, -0.2) is 19.0 Å². The summed E-state index contributed by atoms with van der Waals surface area (Å²) in [6.45, 7) is 6.05. The summed E-state index contributed by atoms with van der Waals surface area (Å²) in [4.78, 5) is 10.8. The molecule has 3 nitrogen and oxygen atoms in total. The molecular formula is C8H15NO2. The number of carbonyl (C=O) groups excluding carboxylic acids is 1. The Morgan fingerprint density at radius 2 is 2.00 bits per heavy atom. The monoisotopic (exact) mass is 157 g/mol. The van der Waals surface area contributed by atoms with Gasteiger partial charge in [0.2, 0.25) is 0 Å². The number of hydrogen-bond acceptors (Lipinski definition) is 3. The molecule has 0 aliphatic rings. The van der Waals surface area contributed by atoms with E-state index in [0.717, 1.165) is 0 Å². The Labute approximate surface area is 67.2 Å². The Kier molecular flexibility index (Phi) is 4.54. The van der Waals surface area contributed by atoms with Gasteiger partial charge in [-0.2, -0.15) is 0 Å². The van der Waals surface area contributed by atoms with Crippen molar-refractivity contribution in [3.63, 3.8) is 0 Å². The first-order valence-corrected chi connectivity index (χ1v) is 3.63. The maximum atomic E-state index is 10.8. The zero-order chi connectivity index (χ0) is 8.85. The average molecular weight is 157 g/mol. The smallest absolute Gasteiger partial charge is 0.157 e. The molecule has 0 spiro atoms. The second-order valence-corrected chi connectivity index (χ2v) is 2.34. The molecule has 0 rings (SSSR count). The summed E-state index contributed by atoms with van der Waals surface area (Å²) >= 11 is 0. The summed E-state index contributed by atoms with van der Waals surface area (Å²) in [5.41, 5.74) is 6.66. The summed E-state index contributed by atoms with van der Waals surface area (Å²) in [7, 11) is 0. The van der Waals surface area contributed by atoms with Crippen molar-refractivity contribution in [1.29, 1.82) is 0 Å². The molecule has 0 aromatic rings. The molecule has 0 fully saturated rings. The highest BCUT2D eigenvalue weighted by molar-refractivity contribution is 5.93. The van der Waals surface area contributed by atoms with Gasteiger partial charge in [0, 0.05) is 17.9 Å². The van der Waals surface area contributed by atoms with Gasteiger partial charge >= 0.3 is 0 Å². The highest BCUT2D eigenvalue weighted by Gasteiger charge is 2.01. The third-order valence-electron chi connectivity index (χ3n) is 1.47. The molecule has 0 amide bonds. The van der Waals surface area contributed by atoms with Crippen LogP contribution in [0.25, 0.3) is 0 Å². The van der Waals surface area contributed by atoms with E-state index in [1.54, 1.807) is 6.92 Å². The minimum absolute atomic E-state index is 0.00204. The number of ketones is 1. The van der Waals surface area contributed by atoms with Gasteiger partial charge in [-0.15, -0.1) is 0 Å². The molecule has 0 aromatic carbocycles. The van der Waals surface area contributed by atoms with Crippen molar-refractivity contribution in [2.24, 2.45) is 5.73 Å². The van der Waals surface area contributed by atoms with Gasteiger partial charge in [-0.25, -0.2) is 0 Å². The molecule has 0 atom stereocenters. The van der Waals surface area contributed by atoms with E-state index in [1.807, 2.05) is 6.92 Å². The van der Waals surface area contributed by atoms with Crippen LogP contribution in [0.15, 0.2) is 11.3 Å². The number of carbonyl (C=O) groups is 1. The van der Waals surface area contributed by atoms with Gasteiger partial charge in [0.25, 0.3) is 0 Å². The van der Waals surface area contributed by atoms with Crippen molar-refractivity contribution >= 4 is 5.78 Å². The molecular weight excluding hydrogens is 142 g/mol. The first-order chi connectivity index (χ1) is 5.09. The van der Waals surface area contributed by atoms with Crippen molar-refractivity contribution in [2.75, 3.05) is 13.2 Å². The van der Waals surface area contributed by atoms with E-state index < -0.39 is 0 Å². The van der Waals surface area contributed by atoms with Crippen molar-refractivity contribution in [3.05, 3.63) is 11.3 Å². The van der Waals surface area contributed by atoms with Crippen molar-refractivity contribution < 1.29 is 9.53 Å². The molecule has 64 valence electrons. The van der Waals surface area contributed by atoms with Crippen LogP contribution >= 0.6 is 0 Å². The Morgan fingerprint density at radius 3 is 2.36 bits per heavy atom. The first-order valence-electron chi connectivity index (χ1n) is 3.63. The molecule has 0 radical (unpaired) electrons. The lowest BCUT2D eigenvalue weighted by Crippen LogP contribution is -2.12. The Bertz CT molecular complexity index is 173. The van der Waals surface area contributed by atoms with Crippen molar-refractivity contribution in [2.45, 2.75) is 20.8 Å². The molecule has 0 saturated heterocycles. The lowest BCUT2D eigenvalue weighted by molar-refractivity contribution is -0.113. The fourth-order valence-electron chi connectivity index (χ4n) is 0.546. The molecule has 0 unspecified atom stereocenters. The number of allylic oxidation sites excluding steroid dienone is 1. The molecule has 11 heavy (non-hydrogen) atoms. The first kappa shape index (κ1) is 10.2. The summed E-state index contributed by atoms with van der Waals surface area (Å²) in [5.74, 6) is 0.00204. The second kappa shape index (κ2) is 4.91. The zero-order valence-electron chi connectivity index (χ0n) is 7.31. The molecule has 3 heteroatoms. The number of nitrogens with two attached hydrogens (primary N) is 1. The minimum atomic E-state index is 0.00204. The number of ether oxygens (including phenoxy) is 1. The Morgan fingerprint density at radius 1 is 1.45 bits per heavy atom. The van der Waals surface area contributed by atoms with Crippen LogP contribution in [0.1, 0.15) is 20.8 Å². The lowest BCUT2D eigenvalue weighted by atomic mass is 10.2. The van der Waals surface area contributed by atoms with E-state index in [4.69, 9.17) is 10.5 Å². The quantitative estimate of drug-likeness (QED) is 0.615. The van der Waals surface area contributed by atoms with Crippen LogP contribution in [0.2, 0.25) is 0 Å². The lowest BCUT2D eigenvalue weighted by Gasteiger charge is -2.03. The molecule has 2 N–H and O–H groups in total. The largest absolute Gasteiger partial charge is 0.400 e. The van der Waals surface area contributed by atoms with E-state index >= 15 is 0 Å². The van der Waals surface area contributed by atoms with Crippen LogP contribution in [0.4, 0.5) is 0 Å². The van der Waals surface area contributed by atoms with Gasteiger partial charge in [-0.05, 0) is 20.8 Å². The molecule has 0 saturated carbocycles. The average Bonchev–Trinajstić information content (AvgIpc) is 1.98. The number of rotatable bonds is 4. The second-order valence-electron chi connectivity index (χ2n) is 2.34.